The number of carbonyl (C=O) groups excluding carboxylic acids is 1. The summed E-state index contributed by atoms with van der Waals surface area (Å²) in [5, 5.41) is 11.9. The number of nitrogens with two attached hydrogens (primary N) is 1. The molecule has 0 bridgehead atoms. The maximum absolute atomic E-state index is 13.0. The number of fused-ring (bicyclic) bond motifs is 2. The smallest absolute Gasteiger partial charge is 0.522 e. The van der Waals surface area contributed by atoms with E-state index in [0.29, 0.717) is 18.5 Å². The lowest BCUT2D eigenvalue weighted by Gasteiger charge is -2.17. The van der Waals surface area contributed by atoms with E-state index in [1.165, 1.54) is 0 Å². The lowest BCUT2D eigenvalue weighted by molar-refractivity contribution is -0.119. The molecule has 1 unspecified atom stereocenters. The van der Waals surface area contributed by atoms with Crippen molar-refractivity contribution in [2.75, 3.05) is 6.54 Å². The van der Waals surface area contributed by atoms with Gasteiger partial charge in [0, 0.05) is 30.7 Å². The molecule has 28 heavy (non-hydrogen) atoms. The summed E-state index contributed by atoms with van der Waals surface area (Å²) in [6, 6.07) is 13.7. The van der Waals surface area contributed by atoms with Crippen LogP contribution in [0.25, 0.3) is 10.8 Å². The minimum absolute atomic E-state index is 0.102. The fourth-order valence-corrected chi connectivity index (χ4v) is 3.82. The number of ketones is 1. The molecule has 5 nitrogen and oxygen atoms in total. The number of hydrogen-bond acceptors (Lipinski definition) is 5. The van der Waals surface area contributed by atoms with Crippen molar-refractivity contribution in [1.82, 2.24) is 4.98 Å². The highest BCUT2D eigenvalue weighted by Crippen LogP contribution is 2.30. The number of aryl methyl sites for hydroxylation is 1. The SMILES string of the molecule is NCC(C(=O)Cc1ccc2cnccc2c1)c1ccc2c(c1)CCCB(O)O2. The molecule has 0 spiro atoms. The summed E-state index contributed by atoms with van der Waals surface area (Å²) >= 11 is 0. The van der Waals surface area contributed by atoms with E-state index in [1.807, 2.05) is 48.7 Å². The lowest BCUT2D eigenvalue weighted by atomic mass is 9.83. The Bertz CT molecular complexity index is 1010. The van der Waals surface area contributed by atoms with Gasteiger partial charge in [0.05, 0.1) is 5.92 Å². The van der Waals surface area contributed by atoms with Gasteiger partial charge in [-0.1, -0.05) is 30.3 Å². The third-order valence-electron chi connectivity index (χ3n) is 5.35. The van der Waals surface area contributed by atoms with Gasteiger partial charge in [-0.3, -0.25) is 9.78 Å². The predicted octanol–water partition coefficient (Wildman–Crippen LogP) is 2.89. The summed E-state index contributed by atoms with van der Waals surface area (Å²) in [5.41, 5.74) is 8.89. The van der Waals surface area contributed by atoms with Crippen LogP contribution in [0.2, 0.25) is 6.32 Å². The van der Waals surface area contributed by atoms with Crippen LogP contribution in [0.1, 0.15) is 29.0 Å². The van der Waals surface area contributed by atoms with Crippen LogP contribution in [-0.4, -0.2) is 29.5 Å². The van der Waals surface area contributed by atoms with Crippen LogP contribution in [0.5, 0.6) is 5.75 Å². The molecule has 3 aromatic rings. The fraction of sp³-hybridized carbons (Fsp3) is 0.273. The Balaban J connectivity index is 1.56. The molecule has 0 aliphatic carbocycles. The third-order valence-corrected chi connectivity index (χ3v) is 5.35. The Kier molecular flexibility index (Phi) is 5.41. The normalized spacial score (nSPS) is 14.9. The molecule has 6 heteroatoms. The van der Waals surface area contributed by atoms with Crippen molar-refractivity contribution in [3.63, 3.8) is 0 Å². The molecule has 142 valence electrons. The van der Waals surface area contributed by atoms with Gasteiger partial charge in [0.25, 0.3) is 0 Å². The number of rotatable bonds is 5. The number of aromatic nitrogens is 1. The second-order valence-corrected chi connectivity index (χ2v) is 7.32. The molecule has 4 rings (SSSR count). The molecule has 1 aromatic heterocycles. The van der Waals surface area contributed by atoms with Crippen molar-refractivity contribution in [3.8, 4) is 5.75 Å². The van der Waals surface area contributed by atoms with E-state index >= 15 is 0 Å². The van der Waals surface area contributed by atoms with E-state index in [2.05, 4.69) is 4.98 Å². The van der Waals surface area contributed by atoms with Gasteiger partial charge in [0.15, 0.2) is 0 Å². The number of benzene rings is 2. The molecule has 2 aromatic carbocycles. The summed E-state index contributed by atoms with van der Waals surface area (Å²) in [4.78, 5) is 17.1. The summed E-state index contributed by atoms with van der Waals surface area (Å²) in [5.74, 6) is 0.442. The average Bonchev–Trinajstić information content (AvgIpc) is 2.88. The molecule has 0 radical (unpaired) electrons. The van der Waals surface area contributed by atoms with Crippen LogP contribution in [0, 0.1) is 0 Å². The Hall–Kier alpha value is -2.70. The van der Waals surface area contributed by atoms with Gasteiger partial charge in [-0.25, -0.2) is 0 Å². The fourth-order valence-electron chi connectivity index (χ4n) is 3.82. The lowest BCUT2D eigenvalue weighted by Crippen LogP contribution is -2.23. The van der Waals surface area contributed by atoms with Gasteiger partial charge in [0.2, 0.25) is 0 Å². The molecule has 0 amide bonds. The van der Waals surface area contributed by atoms with Crippen molar-refractivity contribution in [2.24, 2.45) is 5.73 Å². The van der Waals surface area contributed by atoms with Gasteiger partial charge in [-0.15, -0.1) is 0 Å². The summed E-state index contributed by atoms with van der Waals surface area (Å²) < 4.78 is 5.56. The Morgan fingerprint density at radius 1 is 1.21 bits per heavy atom. The zero-order valence-corrected chi connectivity index (χ0v) is 15.7. The quantitative estimate of drug-likeness (QED) is 0.671. The van der Waals surface area contributed by atoms with Crippen molar-refractivity contribution in [2.45, 2.75) is 31.5 Å². The predicted molar refractivity (Wildman–Crippen MR) is 110 cm³/mol. The van der Waals surface area contributed by atoms with E-state index in [-0.39, 0.29) is 18.2 Å². The van der Waals surface area contributed by atoms with Gasteiger partial charge >= 0.3 is 7.12 Å². The standard InChI is InChI=1S/C22H23BN2O3/c24-13-20(17-5-6-22-18(12-17)2-1-8-23(27)28-22)21(26)11-15-3-4-19-14-25-9-7-16(19)10-15/h3-7,9-10,12,14,20,27H,1-2,8,11,13,24H2. The molecule has 0 fully saturated rings. The molecule has 1 aliphatic heterocycles. The molecular formula is C22H23BN2O3. The van der Waals surface area contributed by atoms with E-state index in [1.54, 1.807) is 6.20 Å². The number of carbonyl (C=O) groups is 1. The Morgan fingerprint density at radius 2 is 2.11 bits per heavy atom. The van der Waals surface area contributed by atoms with Crippen LogP contribution in [0.4, 0.5) is 0 Å². The van der Waals surface area contributed by atoms with Gasteiger partial charge in [-0.2, -0.15) is 0 Å². The first-order valence-electron chi connectivity index (χ1n) is 9.67. The van der Waals surface area contributed by atoms with Crippen LogP contribution < -0.4 is 10.4 Å². The molecule has 1 atom stereocenters. The molecule has 0 saturated heterocycles. The minimum atomic E-state index is -0.762. The van der Waals surface area contributed by atoms with Crippen LogP contribution >= 0.6 is 0 Å². The van der Waals surface area contributed by atoms with E-state index < -0.39 is 7.12 Å². The monoisotopic (exact) mass is 374 g/mol. The van der Waals surface area contributed by atoms with Crippen LogP contribution in [0.15, 0.2) is 54.9 Å². The molecule has 1 aliphatic rings. The Morgan fingerprint density at radius 3 is 2.96 bits per heavy atom. The van der Waals surface area contributed by atoms with Crippen LogP contribution in [-0.2, 0) is 17.6 Å². The van der Waals surface area contributed by atoms with Gasteiger partial charge < -0.3 is 15.4 Å². The molecule has 3 N–H and O–H groups in total. The highest BCUT2D eigenvalue weighted by molar-refractivity contribution is 6.43. The average molecular weight is 374 g/mol. The molecule has 2 heterocycles. The maximum Gasteiger partial charge on any atom is 0.522 e. The van der Waals surface area contributed by atoms with E-state index in [4.69, 9.17) is 10.4 Å². The second-order valence-electron chi connectivity index (χ2n) is 7.32. The number of pyridine rings is 1. The summed E-state index contributed by atoms with van der Waals surface area (Å²) in [7, 11) is -0.762. The first-order valence-corrected chi connectivity index (χ1v) is 9.67. The highest BCUT2D eigenvalue weighted by Gasteiger charge is 2.24. The second kappa shape index (κ2) is 8.13. The third kappa shape index (κ3) is 3.93. The van der Waals surface area contributed by atoms with Gasteiger partial charge in [0.1, 0.15) is 11.5 Å². The number of hydrogen-bond donors (Lipinski definition) is 2. The number of nitrogens with zero attached hydrogens (tertiary/aromatic N) is 1. The van der Waals surface area contributed by atoms with Crippen LogP contribution in [0.3, 0.4) is 0 Å². The summed E-state index contributed by atoms with van der Waals surface area (Å²) in [6.45, 7) is 0.263. The number of Topliss-reactive ketones (excluding diaryl/α,β-unsaturated/α-hetero) is 1. The first-order chi connectivity index (χ1) is 13.6. The Labute approximate surface area is 164 Å². The van der Waals surface area contributed by atoms with Crippen molar-refractivity contribution in [3.05, 3.63) is 71.5 Å². The molecular weight excluding hydrogens is 351 g/mol. The zero-order valence-electron chi connectivity index (χ0n) is 15.7. The summed E-state index contributed by atoms with van der Waals surface area (Å²) in [6.07, 6.45) is 6.20. The zero-order chi connectivity index (χ0) is 19.5. The minimum Gasteiger partial charge on any atom is -0.536 e. The topological polar surface area (TPSA) is 85.4 Å². The largest absolute Gasteiger partial charge is 0.536 e. The first kappa shape index (κ1) is 18.7. The maximum atomic E-state index is 13.0. The van der Waals surface area contributed by atoms with Crippen molar-refractivity contribution < 1.29 is 14.5 Å². The highest BCUT2D eigenvalue weighted by atomic mass is 16.5. The van der Waals surface area contributed by atoms with Crippen molar-refractivity contribution >= 4 is 23.7 Å². The van der Waals surface area contributed by atoms with E-state index in [0.717, 1.165) is 40.3 Å². The van der Waals surface area contributed by atoms with E-state index in [9.17, 15) is 9.82 Å². The van der Waals surface area contributed by atoms with Gasteiger partial charge in [-0.05, 0) is 53.4 Å². The molecule has 0 saturated carbocycles. The van der Waals surface area contributed by atoms with Crippen molar-refractivity contribution in [1.29, 1.82) is 0 Å².